The van der Waals surface area contributed by atoms with Gasteiger partial charge in [0.25, 0.3) is 5.56 Å². The van der Waals surface area contributed by atoms with Crippen LogP contribution in [-0.4, -0.2) is 24.5 Å². The molecule has 0 saturated carbocycles. The summed E-state index contributed by atoms with van der Waals surface area (Å²) in [6, 6.07) is 11.2. The summed E-state index contributed by atoms with van der Waals surface area (Å²) in [4.78, 5) is 17.0. The van der Waals surface area contributed by atoms with Crippen LogP contribution in [-0.2, 0) is 13.1 Å². The third-order valence-corrected chi connectivity index (χ3v) is 4.81. The second kappa shape index (κ2) is 7.09. The summed E-state index contributed by atoms with van der Waals surface area (Å²) < 4.78 is 16.0. The molecule has 0 unspecified atom stereocenters. The Morgan fingerprint density at radius 3 is 2.44 bits per heavy atom. The van der Waals surface area contributed by atoms with Crippen LogP contribution in [0, 0.1) is 5.82 Å². The first-order valence-electron chi connectivity index (χ1n) is 7.98. The number of hydrogen-bond donors (Lipinski definition) is 0. The molecule has 0 bridgehead atoms. The smallest absolute Gasteiger partial charge is 0.283 e. The fraction of sp³-hybridized carbons (Fsp3) is 0.111. The maximum atomic E-state index is 13.0. The highest BCUT2D eigenvalue weighted by Crippen LogP contribution is 2.22. The molecule has 0 N–H and O–H groups in total. The van der Waals surface area contributed by atoms with E-state index < -0.39 is 0 Å². The summed E-state index contributed by atoms with van der Waals surface area (Å²) in [5, 5.41) is 8.84. The third kappa shape index (κ3) is 3.56. The van der Waals surface area contributed by atoms with Gasteiger partial charge in [-0.3, -0.25) is 9.36 Å². The number of halogens is 3. The van der Waals surface area contributed by atoms with Gasteiger partial charge in [-0.2, -0.15) is 0 Å². The predicted octanol–water partition coefficient (Wildman–Crippen LogP) is 3.53. The first-order chi connectivity index (χ1) is 13.0. The minimum Gasteiger partial charge on any atom is -0.293 e. The lowest BCUT2D eigenvalue weighted by molar-refractivity contribution is 0.623. The van der Waals surface area contributed by atoms with E-state index in [0.717, 1.165) is 11.1 Å². The molecule has 9 heteroatoms. The zero-order chi connectivity index (χ0) is 19.0. The van der Waals surface area contributed by atoms with Crippen molar-refractivity contribution >= 4 is 34.4 Å². The molecule has 0 fully saturated rings. The van der Waals surface area contributed by atoms with Crippen LogP contribution in [0.1, 0.15) is 11.1 Å². The van der Waals surface area contributed by atoms with Crippen LogP contribution < -0.4 is 5.56 Å². The number of nitrogens with zero attached hydrogens (tertiary/aromatic N) is 5. The average Bonchev–Trinajstić information content (AvgIpc) is 3.06. The van der Waals surface area contributed by atoms with Gasteiger partial charge < -0.3 is 0 Å². The number of hydrogen-bond acceptors (Lipinski definition) is 4. The monoisotopic (exact) mass is 403 g/mol. The molecule has 4 rings (SSSR count). The van der Waals surface area contributed by atoms with Crippen molar-refractivity contribution in [1.82, 2.24) is 24.5 Å². The van der Waals surface area contributed by atoms with Crippen LogP contribution in [0.5, 0.6) is 0 Å². The van der Waals surface area contributed by atoms with E-state index in [9.17, 15) is 9.18 Å². The molecule has 27 heavy (non-hydrogen) atoms. The lowest BCUT2D eigenvalue weighted by Crippen LogP contribution is -2.21. The summed E-state index contributed by atoms with van der Waals surface area (Å²) in [6.45, 7) is 0.615. The standard InChI is InChI=1S/C18H12Cl2FN5O/c19-14-6-3-12(7-15(14)20)8-25-10-22-17-16(18(25)27)23-24-26(17)9-11-1-4-13(21)5-2-11/h1-7,10H,8-9H2. The van der Waals surface area contributed by atoms with Crippen LogP contribution in [0.15, 0.2) is 53.6 Å². The molecule has 0 aliphatic rings. The van der Waals surface area contributed by atoms with Crippen molar-refractivity contribution in [3.05, 3.63) is 86.1 Å². The Hall–Kier alpha value is -2.77. The second-order valence-corrected chi connectivity index (χ2v) is 6.79. The minimum atomic E-state index is -0.314. The van der Waals surface area contributed by atoms with Gasteiger partial charge in [0, 0.05) is 0 Å². The van der Waals surface area contributed by atoms with Gasteiger partial charge in [-0.05, 0) is 35.4 Å². The van der Waals surface area contributed by atoms with Gasteiger partial charge in [0.1, 0.15) is 12.1 Å². The van der Waals surface area contributed by atoms with Crippen molar-refractivity contribution < 1.29 is 4.39 Å². The molecule has 0 aliphatic heterocycles. The maximum absolute atomic E-state index is 13.0. The Kier molecular flexibility index (Phi) is 4.63. The fourth-order valence-corrected chi connectivity index (χ4v) is 3.02. The summed E-state index contributed by atoms with van der Waals surface area (Å²) in [7, 11) is 0. The summed E-state index contributed by atoms with van der Waals surface area (Å²) in [5.74, 6) is -0.314. The fourth-order valence-electron chi connectivity index (χ4n) is 2.70. The normalized spacial score (nSPS) is 11.2. The van der Waals surface area contributed by atoms with E-state index in [4.69, 9.17) is 23.2 Å². The van der Waals surface area contributed by atoms with Crippen molar-refractivity contribution in [3.63, 3.8) is 0 Å². The molecule has 2 aromatic heterocycles. The van der Waals surface area contributed by atoms with Gasteiger partial charge in [0.05, 0.1) is 23.1 Å². The van der Waals surface area contributed by atoms with E-state index in [-0.39, 0.29) is 23.4 Å². The molecule has 2 heterocycles. The predicted molar refractivity (Wildman–Crippen MR) is 101 cm³/mol. The highest BCUT2D eigenvalue weighted by atomic mass is 35.5. The number of rotatable bonds is 4. The Morgan fingerprint density at radius 1 is 0.963 bits per heavy atom. The van der Waals surface area contributed by atoms with Gasteiger partial charge in [-0.25, -0.2) is 14.1 Å². The molecule has 136 valence electrons. The molecule has 0 spiro atoms. The highest BCUT2D eigenvalue weighted by Gasteiger charge is 2.13. The molecule has 6 nitrogen and oxygen atoms in total. The van der Waals surface area contributed by atoms with Crippen LogP contribution >= 0.6 is 23.2 Å². The van der Waals surface area contributed by atoms with E-state index in [1.54, 1.807) is 30.3 Å². The van der Waals surface area contributed by atoms with Gasteiger partial charge in [-0.1, -0.05) is 46.6 Å². The van der Waals surface area contributed by atoms with Gasteiger partial charge in [0.15, 0.2) is 11.2 Å². The minimum absolute atomic E-state index is 0.166. The largest absolute Gasteiger partial charge is 0.293 e. The zero-order valence-electron chi connectivity index (χ0n) is 13.8. The molecule has 0 atom stereocenters. The Balaban J connectivity index is 1.65. The van der Waals surface area contributed by atoms with Crippen LogP contribution in [0.3, 0.4) is 0 Å². The van der Waals surface area contributed by atoms with Crippen molar-refractivity contribution in [2.45, 2.75) is 13.1 Å². The number of fused-ring (bicyclic) bond motifs is 1. The van der Waals surface area contributed by atoms with Crippen molar-refractivity contribution in [3.8, 4) is 0 Å². The van der Waals surface area contributed by atoms with Crippen LogP contribution in [0.2, 0.25) is 10.0 Å². The lowest BCUT2D eigenvalue weighted by Gasteiger charge is -2.07. The average molecular weight is 404 g/mol. The molecule has 0 radical (unpaired) electrons. The molecule has 0 saturated heterocycles. The van der Waals surface area contributed by atoms with E-state index >= 15 is 0 Å². The topological polar surface area (TPSA) is 65.6 Å². The van der Waals surface area contributed by atoms with Crippen molar-refractivity contribution in [1.29, 1.82) is 0 Å². The van der Waals surface area contributed by atoms with E-state index in [1.807, 2.05) is 0 Å². The number of benzene rings is 2. The van der Waals surface area contributed by atoms with E-state index in [0.29, 0.717) is 22.2 Å². The van der Waals surface area contributed by atoms with Crippen molar-refractivity contribution in [2.75, 3.05) is 0 Å². The van der Waals surface area contributed by atoms with Gasteiger partial charge in [-0.15, -0.1) is 5.10 Å². The second-order valence-electron chi connectivity index (χ2n) is 5.97. The van der Waals surface area contributed by atoms with E-state index in [2.05, 4.69) is 15.3 Å². The molecule has 4 aromatic rings. The number of aromatic nitrogens is 5. The van der Waals surface area contributed by atoms with Gasteiger partial charge >= 0.3 is 0 Å². The summed E-state index contributed by atoms with van der Waals surface area (Å²) >= 11 is 11.9. The summed E-state index contributed by atoms with van der Waals surface area (Å²) in [6.07, 6.45) is 1.44. The SMILES string of the molecule is O=c1c2nnn(Cc3ccc(F)cc3)c2ncn1Cc1ccc(Cl)c(Cl)c1. The molecule has 2 aromatic carbocycles. The first kappa shape index (κ1) is 17.6. The van der Waals surface area contributed by atoms with Crippen LogP contribution in [0.25, 0.3) is 11.2 Å². The van der Waals surface area contributed by atoms with Crippen molar-refractivity contribution in [2.24, 2.45) is 0 Å². The van der Waals surface area contributed by atoms with Gasteiger partial charge in [0.2, 0.25) is 0 Å². The Morgan fingerprint density at radius 2 is 1.70 bits per heavy atom. The lowest BCUT2D eigenvalue weighted by atomic mass is 10.2. The maximum Gasteiger partial charge on any atom is 0.283 e. The van der Waals surface area contributed by atoms with Crippen LogP contribution in [0.4, 0.5) is 4.39 Å². The third-order valence-electron chi connectivity index (χ3n) is 4.07. The zero-order valence-corrected chi connectivity index (χ0v) is 15.3. The molecular formula is C18H12Cl2FN5O. The Bertz CT molecular complexity index is 1190. The highest BCUT2D eigenvalue weighted by molar-refractivity contribution is 6.42. The molecular weight excluding hydrogens is 392 g/mol. The molecule has 0 aliphatic carbocycles. The quantitative estimate of drug-likeness (QED) is 0.522. The molecule has 0 amide bonds. The first-order valence-corrected chi connectivity index (χ1v) is 8.74. The van der Waals surface area contributed by atoms with E-state index in [1.165, 1.54) is 27.7 Å². The Labute approximate surface area is 162 Å². The summed E-state index contributed by atoms with van der Waals surface area (Å²) in [5.41, 5.74) is 1.86.